The van der Waals surface area contributed by atoms with Crippen molar-refractivity contribution in [3.8, 4) is 0 Å². The van der Waals surface area contributed by atoms with Crippen LogP contribution in [0.4, 0.5) is 5.95 Å². The molecule has 3 nitrogen and oxygen atoms in total. The van der Waals surface area contributed by atoms with Crippen LogP contribution in [0.1, 0.15) is 53.4 Å². The van der Waals surface area contributed by atoms with Gasteiger partial charge < -0.3 is 9.88 Å². The summed E-state index contributed by atoms with van der Waals surface area (Å²) in [6.07, 6.45) is 9.38. The Morgan fingerprint density at radius 3 is 2.42 bits per heavy atom. The third-order valence-corrected chi connectivity index (χ3v) is 6.10. The molecule has 0 bridgehead atoms. The van der Waals surface area contributed by atoms with E-state index in [4.69, 9.17) is 0 Å². The van der Waals surface area contributed by atoms with Crippen LogP contribution >= 0.6 is 0 Å². The predicted molar refractivity (Wildman–Crippen MR) is 79.2 cm³/mol. The summed E-state index contributed by atoms with van der Waals surface area (Å²) >= 11 is 0. The van der Waals surface area contributed by atoms with Crippen molar-refractivity contribution in [2.75, 3.05) is 5.32 Å². The predicted octanol–water partition coefficient (Wildman–Crippen LogP) is 3.92. The van der Waals surface area contributed by atoms with E-state index in [1.54, 1.807) is 0 Å². The summed E-state index contributed by atoms with van der Waals surface area (Å²) in [5.74, 6) is 1.82. The van der Waals surface area contributed by atoms with Gasteiger partial charge in [-0.1, -0.05) is 40.5 Å². The molecular weight excluding hydrogens is 234 g/mol. The van der Waals surface area contributed by atoms with Crippen molar-refractivity contribution in [1.82, 2.24) is 9.55 Å². The van der Waals surface area contributed by atoms with E-state index >= 15 is 0 Å². The summed E-state index contributed by atoms with van der Waals surface area (Å²) in [4.78, 5) is 4.51. The highest BCUT2D eigenvalue weighted by Crippen LogP contribution is 2.68. The topological polar surface area (TPSA) is 29.9 Å². The van der Waals surface area contributed by atoms with Crippen molar-refractivity contribution in [2.24, 2.45) is 16.7 Å². The quantitative estimate of drug-likeness (QED) is 0.890. The Morgan fingerprint density at radius 1 is 1.21 bits per heavy atom. The van der Waals surface area contributed by atoms with E-state index in [1.807, 2.05) is 6.20 Å². The molecule has 0 radical (unpaired) electrons. The lowest BCUT2D eigenvalue weighted by molar-refractivity contribution is 0.457. The lowest BCUT2D eigenvalue weighted by Gasteiger charge is -2.15. The Kier molecular flexibility index (Phi) is 2.91. The summed E-state index contributed by atoms with van der Waals surface area (Å²) in [7, 11) is 0. The number of nitrogens with zero attached hydrogens (tertiary/aromatic N) is 2. The second kappa shape index (κ2) is 4.26. The SMILES string of the molecule is CC1(C)C(Cn2ccnc2NC2CCCC2)C1(C)C. The summed E-state index contributed by atoms with van der Waals surface area (Å²) < 4.78 is 2.32. The molecule has 0 saturated heterocycles. The molecule has 3 rings (SSSR count). The molecule has 1 aromatic rings. The smallest absolute Gasteiger partial charge is 0.202 e. The molecular formula is C16H27N3. The van der Waals surface area contributed by atoms with Gasteiger partial charge in [0.2, 0.25) is 5.95 Å². The molecule has 0 unspecified atom stereocenters. The summed E-state index contributed by atoms with van der Waals surface area (Å²) in [5.41, 5.74) is 0.893. The third kappa shape index (κ3) is 2.07. The normalized spacial score (nSPS) is 25.7. The zero-order chi connectivity index (χ0) is 13.7. The molecule has 0 aliphatic heterocycles. The molecule has 1 heterocycles. The van der Waals surface area contributed by atoms with Gasteiger partial charge in [-0.05, 0) is 29.6 Å². The fourth-order valence-corrected chi connectivity index (χ4v) is 3.84. The average molecular weight is 261 g/mol. The number of rotatable bonds is 4. The van der Waals surface area contributed by atoms with Crippen molar-refractivity contribution in [3.05, 3.63) is 12.4 Å². The standard InChI is InChI=1S/C16H27N3/c1-15(2)13(16(15,3)4)11-19-10-9-17-14(19)18-12-7-5-6-8-12/h9-10,12-13H,5-8,11H2,1-4H3,(H,17,18). The molecule has 106 valence electrons. The van der Waals surface area contributed by atoms with E-state index in [9.17, 15) is 0 Å². The first kappa shape index (κ1) is 13.0. The first-order chi connectivity index (χ1) is 8.93. The van der Waals surface area contributed by atoms with Gasteiger partial charge in [0.25, 0.3) is 0 Å². The zero-order valence-electron chi connectivity index (χ0n) is 12.7. The molecule has 0 aromatic carbocycles. The summed E-state index contributed by atoms with van der Waals surface area (Å²) in [6, 6.07) is 0.640. The number of hydrogen-bond acceptors (Lipinski definition) is 2. The number of anilines is 1. The van der Waals surface area contributed by atoms with E-state index in [2.05, 4.69) is 48.8 Å². The van der Waals surface area contributed by atoms with Gasteiger partial charge >= 0.3 is 0 Å². The van der Waals surface area contributed by atoms with E-state index in [0.29, 0.717) is 16.9 Å². The minimum Gasteiger partial charge on any atom is -0.353 e. The fourth-order valence-electron chi connectivity index (χ4n) is 3.84. The minimum atomic E-state index is 0.446. The maximum Gasteiger partial charge on any atom is 0.202 e. The molecule has 2 saturated carbocycles. The van der Waals surface area contributed by atoms with Gasteiger partial charge in [0, 0.05) is 25.0 Å². The van der Waals surface area contributed by atoms with Crippen LogP contribution in [0.5, 0.6) is 0 Å². The van der Waals surface area contributed by atoms with Gasteiger partial charge in [-0.3, -0.25) is 0 Å². The number of nitrogens with one attached hydrogen (secondary N) is 1. The summed E-state index contributed by atoms with van der Waals surface area (Å²) in [5, 5.41) is 3.63. The van der Waals surface area contributed by atoms with Crippen LogP contribution in [0, 0.1) is 16.7 Å². The molecule has 3 heteroatoms. The Hall–Kier alpha value is -0.990. The van der Waals surface area contributed by atoms with Crippen LogP contribution < -0.4 is 5.32 Å². The largest absolute Gasteiger partial charge is 0.353 e. The maximum absolute atomic E-state index is 4.51. The fraction of sp³-hybridized carbons (Fsp3) is 0.812. The van der Waals surface area contributed by atoms with E-state index in [0.717, 1.165) is 18.4 Å². The van der Waals surface area contributed by atoms with Crippen LogP contribution in [0.15, 0.2) is 12.4 Å². The average Bonchev–Trinajstić information content (AvgIpc) is 2.86. The first-order valence-corrected chi connectivity index (χ1v) is 7.70. The molecule has 1 N–H and O–H groups in total. The Labute approximate surface area is 116 Å². The lowest BCUT2D eigenvalue weighted by Crippen LogP contribution is -2.19. The second-order valence-corrected chi connectivity index (χ2v) is 7.52. The molecule has 19 heavy (non-hydrogen) atoms. The Bertz CT molecular complexity index is 438. The lowest BCUT2D eigenvalue weighted by atomic mass is 10.0. The van der Waals surface area contributed by atoms with Crippen molar-refractivity contribution in [1.29, 1.82) is 0 Å². The number of aromatic nitrogens is 2. The number of hydrogen-bond donors (Lipinski definition) is 1. The number of imidazole rings is 1. The van der Waals surface area contributed by atoms with Crippen LogP contribution in [0.2, 0.25) is 0 Å². The van der Waals surface area contributed by atoms with Crippen molar-refractivity contribution >= 4 is 5.95 Å². The molecule has 2 aliphatic carbocycles. The van der Waals surface area contributed by atoms with E-state index in [-0.39, 0.29) is 0 Å². The van der Waals surface area contributed by atoms with Gasteiger partial charge in [0.1, 0.15) is 0 Å². The Balaban J connectivity index is 1.68. The molecule has 0 spiro atoms. The Morgan fingerprint density at radius 2 is 1.84 bits per heavy atom. The van der Waals surface area contributed by atoms with E-state index < -0.39 is 0 Å². The molecule has 0 atom stereocenters. The highest BCUT2D eigenvalue weighted by molar-refractivity contribution is 5.29. The molecule has 2 fully saturated rings. The van der Waals surface area contributed by atoms with Crippen molar-refractivity contribution in [3.63, 3.8) is 0 Å². The highest BCUT2D eigenvalue weighted by atomic mass is 15.2. The summed E-state index contributed by atoms with van der Waals surface area (Å²) in [6.45, 7) is 10.6. The van der Waals surface area contributed by atoms with Gasteiger partial charge in [0.05, 0.1) is 0 Å². The van der Waals surface area contributed by atoms with Crippen LogP contribution in [-0.4, -0.2) is 15.6 Å². The van der Waals surface area contributed by atoms with Crippen molar-refractivity contribution in [2.45, 2.75) is 66.0 Å². The zero-order valence-corrected chi connectivity index (χ0v) is 12.7. The minimum absolute atomic E-state index is 0.446. The van der Waals surface area contributed by atoms with Gasteiger partial charge in [-0.15, -0.1) is 0 Å². The monoisotopic (exact) mass is 261 g/mol. The second-order valence-electron chi connectivity index (χ2n) is 7.52. The molecule has 1 aromatic heterocycles. The van der Waals surface area contributed by atoms with Gasteiger partial charge in [-0.2, -0.15) is 0 Å². The van der Waals surface area contributed by atoms with Gasteiger partial charge in [-0.25, -0.2) is 4.98 Å². The third-order valence-electron chi connectivity index (χ3n) is 6.10. The van der Waals surface area contributed by atoms with Crippen LogP contribution in [0.25, 0.3) is 0 Å². The van der Waals surface area contributed by atoms with Crippen LogP contribution in [0.3, 0.4) is 0 Å². The molecule has 0 amide bonds. The maximum atomic E-state index is 4.51. The van der Waals surface area contributed by atoms with Crippen molar-refractivity contribution < 1.29 is 0 Å². The van der Waals surface area contributed by atoms with Crippen LogP contribution in [-0.2, 0) is 6.54 Å². The van der Waals surface area contributed by atoms with Gasteiger partial charge in [0.15, 0.2) is 0 Å². The highest BCUT2D eigenvalue weighted by Gasteiger charge is 2.64. The molecule has 2 aliphatic rings. The first-order valence-electron chi connectivity index (χ1n) is 7.70. The van der Waals surface area contributed by atoms with E-state index in [1.165, 1.54) is 25.7 Å².